The Morgan fingerprint density at radius 3 is 3.11 bits per heavy atom. The number of hydrogen-bond donors (Lipinski definition) is 2. The Morgan fingerprint density at radius 2 is 2.42 bits per heavy atom. The van der Waals surface area contributed by atoms with E-state index in [0.29, 0.717) is 23.5 Å². The van der Waals surface area contributed by atoms with Crippen LogP contribution in [0.1, 0.15) is 29.6 Å². The first-order valence-electron chi connectivity index (χ1n) is 6.54. The van der Waals surface area contributed by atoms with Crippen molar-refractivity contribution in [3.05, 3.63) is 23.8 Å². The highest BCUT2D eigenvalue weighted by Gasteiger charge is 2.17. The van der Waals surface area contributed by atoms with Crippen molar-refractivity contribution in [3.8, 4) is 5.75 Å². The predicted octanol–water partition coefficient (Wildman–Crippen LogP) is 1.58. The molecule has 1 fully saturated rings. The molecule has 104 valence electrons. The van der Waals surface area contributed by atoms with Gasteiger partial charge in [-0.15, -0.1) is 0 Å². The lowest BCUT2D eigenvalue weighted by Gasteiger charge is -2.12. The van der Waals surface area contributed by atoms with Crippen molar-refractivity contribution >= 4 is 11.6 Å². The number of hydrogen-bond acceptors (Lipinski definition) is 4. The maximum Gasteiger partial charge on any atom is 0.255 e. The Hall–Kier alpha value is -1.75. The zero-order chi connectivity index (χ0) is 13.7. The molecule has 0 saturated carbocycles. The van der Waals surface area contributed by atoms with Crippen LogP contribution in [0.15, 0.2) is 18.2 Å². The Labute approximate surface area is 113 Å². The zero-order valence-electron chi connectivity index (χ0n) is 11.1. The van der Waals surface area contributed by atoms with Crippen molar-refractivity contribution in [2.45, 2.75) is 25.4 Å². The van der Waals surface area contributed by atoms with E-state index in [2.05, 4.69) is 5.32 Å². The summed E-state index contributed by atoms with van der Waals surface area (Å²) in [5.41, 5.74) is 6.71. The van der Waals surface area contributed by atoms with Gasteiger partial charge in [0.05, 0.1) is 24.5 Å². The highest BCUT2D eigenvalue weighted by molar-refractivity contribution is 5.98. The topological polar surface area (TPSA) is 73.6 Å². The summed E-state index contributed by atoms with van der Waals surface area (Å²) < 4.78 is 10.7. The predicted molar refractivity (Wildman–Crippen MR) is 73.3 cm³/mol. The van der Waals surface area contributed by atoms with Crippen molar-refractivity contribution in [1.29, 1.82) is 0 Å². The van der Waals surface area contributed by atoms with E-state index in [1.165, 1.54) is 7.11 Å². The van der Waals surface area contributed by atoms with E-state index in [9.17, 15) is 4.79 Å². The summed E-state index contributed by atoms with van der Waals surface area (Å²) >= 11 is 0. The SMILES string of the molecule is COc1c(N)cccc1C(=O)NCCC1CCCO1. The maximum atomic E-state index is 12.1. The van der Waals surface area contributed by atoms with Gasteiger partial charge in [0.25, 0.3) is 5.91 Å². The summed E-state index contributed by atoms with van der Waals surface area (Å²) in [7, 11) is 1.51. The van der Waals surface area contributed by atoms with Crippen LogP contribution in [0, 0.1) is 0 Å². The Kier molecular flexibility index (Phi) is 4.63. The molecular weight excluding hydrogens is 244 g/mol. The summed E-state index contributed by atoms with van der Waals surface area (Å²) in [6.45, 7) is 1.43. The number of carbonyl (C=O) groups excluding carboxylic acids is 1. The first kappa shape index (κ1) is 13.7. The highest BCUT2D eigenvalue weighted by Crippen LogP contribution is 2.25. The lowest BCUT2D eigenvalue weighted by molar-refractivity contribution is 0.0905. The lowest BCUT2D eigenvalue weighted by atomic mass is 10.1. The van der Waals surface area contributed by atoms with Gasteiger partial charge in [-0.3, -0.25) is 4.79 Å². The fraction of sp³-hybridized carbons (Fsp3) is 0.500. The molecule has 0 bridgehead atoms. The molecule has 1 amide bonds. The second kappa shape index (κ2) is 6.43. The minimum atomic E-state index is -0.165. The average Bonchev–Trinajstić information content (AvgIpc) is 2.91. The van der Waals surface area contributed by atoms with Crippen LogP contribution < -0.4 is 15.8 Å². The van der Waals surface area contributed by atoms with Crippen LogP contribution in [-0.2, 0) is 4.74 Å². The standard InChI is InChI=1S/C14H20N2O3/c1-18-13-11(5-2-6-12(13)15)14(17)16-8-7-10-4-3-9-19-10/h2,5-6,10H,3-4,7-9,15H2,1H3,(H,16,17). The number of carbonyl (C=O) groups is 1. The van der Waals surface area contributed by atoms with Gasteiger partial charge in [0.2, 0.25) is 0 Å². The second-order valence-corrected chi connectivity index (χ2v) is 4.61. The molecule has 1 heterocycles. The molecule has 3 N–H and O–H groups in total. The maximum absolute atomic E-state index is 12.1. The van der Waals surface area contributed by atoms with E-state index in [1.807, 2.05) is 0 Å². The minimum absolute atomic E-state index is 0.165. The molecule has 1 aliphatic rings. The molecule has 1 atom stereocenters. The monoisotopic (exact) mass is 264 g/mol. The molecule has 0 spiro atoms. The third-order valence-electron chi connectivity index (χ3n) is 3.27. The molecule has 5 heteroatoms. The van der Waals surface area contributed by atoms with Crippen LogP contribution in [-0.4, -0.2) is 32.3 Å². The normalized spacial score (nSPS) is 18.3. The van der Waals surface area contributed by atoms with Gasteiger partial charge in [0, 0.05) is 13.2 Å². The summed E-state index contributed by atoms with van der Waals surface area (Å²) in [5, 5.41) is 2.87. The van der Waals surface area contributed by atoms with Crippen molar-refractivity contribution in [1.82, 2.24) is 5.32 Å². The van der Waals surface area contributed by atoms with Crippen molar-refractivity contribution < 1.29 is 14.3 Å². The van der Waals surface area contributed by atoms with Crippen molar-refractivity contribution in [2.75, 3.05) is 26.0 Å². The van der Waals surface area contributed by atoms with Crippen LogP contribution in [0.25, 0.3) is 0 Å². The number of benzene rings is 1. The first-order valence-corrected chi connectivity index (χ1v) is 6.54. The molecule has 1 unspecified atom stereocenters. The summed E-state index contributed by atoms with van der Waals surface area (Å²) in [6.07, 6.45) is 3.32. The quantitative estimate of drug-likeness (QED) is 0.792. The van der Waals surface area contributed by atoms with Gasteiger partial charge in [-0.2, -0.15) is 0 Å². The van der Waals surface area contributed by atoms with Crippen LogP contribution in [0.5, 0.6) is 5.75 Å². The zero-order valence-corrected chi connectivity index (χ0v) is 11.1. The van der Waals surface area contributed by atoms with Gasteiger partial charge in [-0.05, 0) is 31.4 Å². The first-order chi connectivity index (χ1) is 9.22. The van der Waals surface area contributed by atoms with E-state index in [-0.39, 0.29) is 12.0 Å². The number of rotatable bonds is 5. The van der Waals surface area contributed by atoms with Crippen LogP contribution >= 0.6 is 0 Å². The van der Waals surface area contributed by atoms with Crippen LogP contribution in [0.2, 0.25) is 0 Å². The van der Waals surface area contributed by atoms with E-state index >= 15 is 0 Å². The fourth-order valence-corrected chi connectivity index (χ4v) is 2.28. The van der Waals surface area contributed by atoms with Crippen molar-refractivity contribution in [2.24, 2.45) is 0 Å². The van der Waals surface area contributed by atoms with E-state index in [4.69, 9.17) is 15.2 Å². The van der Waals surface area contributed by atoms with Gasteiger partial charge in [0.1, 0.15) is 0 Å². The van der Waals surface area contributed by atoms with Crippen LogP contribution in [0.3, 0.4) is 0 Å². The molecule has 19 heavy (non-hydrogen) atoms. The Balaban J connectivity index is 1.90. The molecular formula is C14H20N2O3. The van der Waals surface area contributed by atoms with Crippen molar-refractivity contribution in [3.63, 3.8) is 0 Å². The number of anilines is 1. The number of methoxy groups -OCH3 is 1. The fourth-order valence-electron chi connectivity index (χ4n) is 2.28. The molecule has 0 aliphatic carbocycles. The molecule has 0 aromatic heterocycles. The second-order valence-electron chi connectivity index (χ2n) is 4.61. The number of ether oxygens (including phenoxy) is 2. The van der Waals surface area contributed by atoms with E-state index < -0.39 is 0 Å². The number of para-hydroxylation sites is 1. The minimum Gasteiger partial charge on any atom is -0.494 e. The molecule has 0 radical (unpaired) electrons. The van der Waals surface area contributed by atoms with E-state index in [1.54, 1.807) is 18.2 Å². The molecule has 1 aromatic rings. The largest absolute Gasteiger partial charge is 0.494 e. The summed E-state index contributed by atoms with van der Waals surface area (Å²) in [4.78, 5) is 12.1. The molecule has 1 aromatic carbocycles. The molecule has 5 nitrogen and oxygen atoms in total. The van der Waals surface area contributed by atoms with Gasteiger partial charge in [-0.25, -0.2) is 0 Å². The van der Waals surface area contributed by atoms with Gasteiger partial charge in [0.15, 0.2) is 5.75 Å². The Morgan fingerprint density at radius 1 is 1.58 bits per heavy atom. The smallest absolute Gasteiger partial charge is 0.255 e. The van der Waals surface area contributed by atoms with E-state index in [0.717, 1.165) is 25.9 Å². The highest BCUT2D eigenvalue weighted by atomic mass is 16.5. The number of nitrogens with two attached hydrogens (primary N) is 1. The van der Waals surface area contributed by atoms with Gasteiger partial charge in [-0.1, -0.05) is 6.07 Å². The van der Waals surface area contributed by atoms with Gasteiger partial charge >= 0.3 is 0 Å². The average molecular weight is 264 g/mol. The lowest BCUT2D eigenvalue weighted by Crippen LogP contribution is -2.27. The number of amides is 1. The summed E-state index contributed by atoms with van der Waals surface area (Å²) in [6, 6.07) is 5.16. The molecule has 1 aliphatic heterocycles. The molecule has 1 saturated heterocycles. The molecule has 2 rings (SSSR count). The third kappa shape index (κ3) is 3.38. The summed E-state index contributed by atoms with van der Waals surface area (Å²) in [5.74, 6) is 0.263. The number of nitrogens with one attached hydrogen (secondary N) is 1. The van der Waals surface area contributed by atoms with Crippen LogP contribution in [0.4, 0.5) is 5.69 Å². The third-order valence-corrected chi connectivity index (χ3v) is 3.27. The Bertz CT molecular complexity index is 442. The number of nitrogen functional groups attached to an aromatic ring is 1. The van der Waals surface area contributed by atoms with Gasteiger partial charge < -0.3 is 20.5 Å².